The molecule has 0 fully saturated rings. The predicted molar refractivity (Wildman–Crippen MR) is 122 cm³/mol. The van der Waals surface area contributed by atoms with E-state index < -0.39 is 17.6 Å². The van der Waals surface area contributed by atoms with Crippen LogP contribution >= 0.6 is 0 Å². The van der Waals surface area contributed by atoms with Crippen LogP contribution in [0.25, 0.3) is 0 Å². The zero-order valence-corrected chi connectivity index (χ0v) is 18.2. The molecule has 0 saturated heterocycles. The van der Waals surface area contributed by atoms with Crippen molar-refractivity contribution >= 4 is 5.97 Å². The smallest absolute Gasteiger partial charge is 0.347 e. The van der Waals surface area contributed by atoms with E-state index in [-0.39, 0.29) is 0 Å². The van der Waals surface area contributed by atoms with Crippen LogP contribution in [-0.4, -0.2) is 37.9 Å². The molecule has 0 amide bonds. The molecule has 2 atom stereocenters. The van der Waals surface area contributed by atoms with E-state index in [0.717, 1.165) is 29.5 Å². The van der Waals surface area contributed by atoms with E-state index in [1.54, 1.807) is 32.4 Å². The third-order valence-electron chi connectivity index (χ3n) is 5.89. The number of hydrogen-bond donors (Lipinski definition) is 2. The highest BCUT2D eigenvalue weighted by Crippen LogP contribution is 2.40. The molecule has 0 bridgehead atoms. The van der Waals surface area contributed by atoms with E-state index >= 15 is 0 Å². The van der Waals surface area contributed by atoms with Crippen LogP contribution < -0.4 is 19.5 Å². The van der Waals surface area contributed by atoms with E-state index in [9.17, 15) is 9.90 Å². The normalized spacial score (nSPS) is 18.7. The van der Waals surface area contributed by atoms with Gasteiger partial charge in [-0.2, -0.15) is 0 Å². The molecule has 6 heteroatoms. The number of carboxylic acid groups (broad SMARTS) is 1. The van der Waals surface area contributed by atoms with Crippen LogP contribution in [0.15, 0.2) is 72.8 Å². The molecule has 4 rings (SSSR count). The van der Waals surface area contributed by atoms with Gasteiger partial charge in [0, 0.05) is 18.2 Å². The van der Waals surface area contributed by atoms with Crippen molar-refractivity contribution in [3.05, 3.63) is 89.5 Å². The van der Waals surface area contributed by atoms with Gasteiger partial charge < -0.3 is 24.6 Å². The molecule has 0 aromatic heterocycles. The Morgan fingerprint density at radius 3 is 2.22 bits per heavy atom. The Kier molecular flexibility index (Phi) is 6.32. The van der Waals surface area contributed by atoms with Gasteiger partial charge in [0.05, 0.1) is 14.2 Å². The molecule has 3 aromatic carbocycles. The summed E-state index contributed by atoms with van der Waals surface area (Å²) in [6.07, 6.45) is 0.503. The van der Waals surface area contributed by atoms with E-state index in [4.69, 9.17) is 14.2 Å². The fraction of sp³-hybridized carbons (Fsp3) is 0.269. The third-order valence-corrected chi connectivity index (χ3v) is 5.89. The van der Waals surface area contributed by atoms with Gasteiger partial charge in [0.2, 0.25) is 6.10 Å². The van der Waals surface area contributed by atoms with Crippen molar-refractivity contribution in [3.63, 3.8) is 0 Å². The summed E-state index contributed by atoms with van der Waals surface area (Å²) in [5.74, 6) is 0.324. The van der Waals surface area contributed by atoms with Gasteiger partial charge >= 0.3 is 5.97 Å². The van der Waals surface area contributed by atoms with Gasteiger partial charge in [0.1, 0.15) is 22.8 Å². The highest BCUT2D eigenvalue weighted by atomic mass is 16.5. The summed E-state index contributed by atoms with van der Waals surface area (Å²) < 4.78 is 16.9. The zero-order chi connectivity index (χ0) is 22.6. The second-order valence-electron chi connectivity index (χ2n) is 7.75. The molecule has 1 heterocycles. The number of nitrogens with one attached hydrogen (secondary N) is 1. The maximum Gasteiger partial charge on any atom is 0.347 e. The average molecular weight is 434 g/mol. The monoisotopic (exact) mass is 433 g/mol. The summed E-state index contributed by atoms with van der Waals surface area (Å²) in [5.41, 5.74) is 1.76. The quantitative estimate of drug-likeness (QED) is 0.586. The minimum Gasteiger partial charge on any atom is -0.496 e. The molecule has 0 unspecified atom stereocenters. The van der Waals surface area contributed by atoms with Crippen LogP contribution in [0.3, 0.4) is 0 Å². The van der Waals surface area contributed by atoms with Gasteiger partial charge in [-0.1, -0.05) is 54.6 Å². The number of hydrogen-bond acceptors (Lipinski definition) is 5. The van der Waals surface area contributed by atoms with Crippen molar-refractivity contribution in [2.45, 2.75) is 24.5 Å². The van der Waals surface area contributed by atoms with Crippen LogP contribution in [0, 0.1) is 0 Å². The fourth-order valence-corrected chi connectivity index (χ4v) is 4.44. The first-order chi connectivity index (χ1) is 15.6. The third kappa shape index (κ3) is 4.01. The van der Waals surface area contributed by atoms with E-state index in [1.807, 2.05) is 48.5 Å². The molecular formula is C26H27NO5. The molecule has 0 aliphatic carbocycles. The SMILES string of the molecule is COc1cc(OC)cc(O[C@H](C(=O)O)[C@@]2(c3ccccc3)NCCCc3ccccc32)c1. The van der Waals surface area contributed by atoms with Crippen molar-refractivity contribution in [1.29, 1.82) is 0 Å². The number of carbonyl (C=O) groups is 1. The lowest BCUT2D eigenvalue weighted by molar-refractivity contribution is -0.148. The molecule has 0 radical (unpaired) electrons. The summed E-state index contributed by atoms with van der Waals surface area (Å²) in [5, 5.41) is 14.0. The van der Waals surface area contributed by atoms with Gasteiger partial charge in [-0.05, 0) is 36.1 Å². The topological polar surface area (TPSA) is 77.0 Å². The van der Waals surface area contributed by atoms with Crippen molar-refractivity contribution in [3.8, 4) is 17.2 Å². The van der Waals surface area contributed by atoms with Crippen LogP contribution in [0.5, 0.6) is 17.2 Å². The summed E-state index contributed by atoms with van der Waals surface area (Å²) in [6, 6.07) is 22.7. The Hall–Kier alpha value is -3.51. The number of aliphatic carboxylic acids is 1. The molecule has 6 nitrogen and oxygen atoms in total. The fourth-order valence-electron chi connectivity index (χ4n) is 4.44. The maximum atomic E-state index is 12.8. The number of benzene rings is 3. The van der Waals surface area contributed by atoms with Gasteiger partial charge in [0.25, 0.3) is 0 Å². The van der Waals surface area contributed by atoms with Crippen molar-refractivity contribution in [2.75, 3.05) is 20.8 Å². The van der Waals surface area contributed by atoms with Gasteiger partial charge in [-0.25, -0.2) is 4.79 Å². The molecular weight excluding hydrogens is 406 g/mol. The van der Waals surface area contributed by atoms with Crippen LogP contribution in [0.4, 0.5) is 0 Å². The highest BCUT2D eigenvalue weighted by Gasteiger charge is 2.49. The van der Waals surface area contributed by atoms with Crippen LogP contribution in [-0.2, 0) is 16.8 Å². The molecule has 32 heavy (non-hydrogen) atoms. The first-order valence-corrected chi connectivity index (χ1v) is 10.6. The van der Waals surface area contributed by atoms with Crippen LogP contribution in [0.2, 0.25) is 0 Å². The largest absolute Gasteiger partial charge is 0.496 e. The number of methoxy groups -OCH3 is 2. The Morgan fingerprint density at radius 1 is 0.938 bits per heavy atom. The molecule has 166 valence electrons. The predicted octanol–water partition coefficient (Wildman–Crippen LogP) is 4.02. The summed E-state index contributed by atoms with van der Waals surface area (Å²) in [6.45, 7) is 0.651. The van der Waals surface area contributed by atoms with E-state index in [1.165, 1.54) is 0 Å². The Bertz CT molecular complexity index is 1060. The first kappa shape index (κ1) is 21.7. The molecule has 3 aromatic rings. The minimum absolute atomic E-state index is 0.354. The number of fused-ring (bicyclic) bond motifs is 1. The number of ether oxygens (including phenoxy) is 3. The second-order valence-corrected chi connectivity index (χ2v) is 7.75. The lowest BCUT2D eigenvalue weighted by Crippen LogP contribution is -2.58. The van der Waals surface area contributed by atoms with Gasteiger partial charge in [-0.3, -0.25) is 0 Å². The number of rotatable bonds is 7. The Labute approximate surface area is 187 Å². The zero-order valence-electron chi connectivity index (χ0n) is 18.2. The first-order valence-electron chi connectivity index (χ1n) is 10.6. The number of aryl methyl sites for hydroxylation is 1. The molecule has 2 N–H and O–H groups in total. The minimum atomic E-state index is -1.25. The molecule has 1 aliphatic rings. The van der Waals surface area contributed by atoms with E-state index in [0.29, 0.717) is 23.8 Å². The van der Waals surface area contributed by atoms with Crippen LogP contribution in [0.1, 0.15) is 23.1 Å². The van der Waals surface area contributed by atoms with Gasteiger partial charge in [0.15, 0.2) is 0 Å². The van der Waals surface area contributed by atoms with Crippen molar-refractivity contribution < 1.29 is 24.1 Å². The Morgan fingerprint density at radius 2 is 1.56 bits per heavy atom. The molecule has 0 saturated carbocycles. The molecule has 0 spiro atoms. The standard InChI is InChI=1S/C26H27NO5/c1-30-20-15-21(31-2)17-22(16-20)32-24(25(28)29)26(19-11-4-3-5-12-19)23-13-7-6-9-18(23)10-8-14-27-26/h3-7,9,11-13,15-17,24,27H,8,10,14H2,1-2H3,(H,28,29)/t24-,26+/m1/s1. The molecule has 1 aliphatic heterocycles. The number of carboxylic acids is 1. The lowest BCUT2D eigenvalue weighted by atomic mass is 9.76. The second kappa shape index (κ2) is 9.32. The van der Waals surface area contributed by atoms with Gasteiger partial charge in [-0.15, -0.1) is 0 Å². The van der Waals surface area contributed by atoms with E-state index in [2.05, 4.69) is 11.4 Å². The summed E-state index contributed by atoms with van der Waals surface area (Å²) in [7, 11) is 3.09. The summed E-state index contributed by atoms with van der Waals surface area (Å²) >= 11 is 0. The highest BCUT2D eigenvalue weighted by molar-refractivity contribution is 5.77. The Balaban J connectivity index is 1.91. The summed E-state index contributed by atoms with van der Waals surface area (Å²) in [4.78, 5) is 12.8. The van der Waals surface area contributed by atoms with Crippen molar-refractivity contribution in [2.24, 2.45) is 0 Å². The van der Waals surface area contributed by atoms with Crippen molar-refractivity contribution in [1.82, 2.24) is 5.32 Å². The maximum absolute atomic E-state index is 12.8. The lowest BCUT2D eigenvalue weighted by Gasteiger charge is -2.40. The average Bonchev–Trinajstić information content (AvgIpc) is 3.03.